The Morgan fingerprint density at radius 1 is 1.21 bits per heavy atom. The number of anilines is 1. The molecule has 0 saturated carbocycles. The van der Waals surface area contributed by atoms with Crippen LogP contribution in [0.25, 0.3) is 5.65 Å². The third-order valence-corrected chi connectivity index (χ3v) is 2.95. The van der Waals surface area contributed by atoms with E-state index >= 15 is 0 Å². The Hall–Kier alpha value is -2.49. The van der Waals surface area contributed by atoms with Gasteiger partial charge >= 0.3 is 0 Å². The third-order valence-electron chi connectivity index (χ3n) is 2.95. The van der Waals surface area contributed by atoms with Gasteiger partial charge in [0.2, 0.25) is 0 Å². The quantitative estimate of drug-likeness (QED) is 0.781. The van der Waals surface area contributed by atoms with E-state index in [1.807, 2.05) is 60.0 Å². The third kappa shape index (κ3) is 2.38. The molecular formula is C15H15N3O. The van der Waals surface area contributed by atoms with Gasteiger partial charge in [-0.3, -0.25) is 4.40 Å². The van der Waals surface area contributed by atoms with Crippen molar-refractivity contribution in [3.05, 3.63) is 59.9 Å². The Labute approximate surface area is 111 Å². The lowest BCUT2D eigenvalue weighted by atomic mass is 10.2. The molecule has 19 heavy (non-hydrogen) atoms. The molecule has 0 unspecified atom stereocenters. The molecule has 0 aliphatic heterocycles. The summed E-state index contributed by atoms with van der Waals surface area (Å²) < 4.78 is 7.58. The lowest BCUT2D eigenvalue weighted by Gasteiger charge is -2.04. The number of aryl methyl sites for hydroxylation is 1. The number of imidazole rings is 1. The van der Waals surface area contributed by atoms with E-state index in [4.69, 9.17) is 10.5 Å². The van der Waals surface area contributed by atoms with Gasteiger partial charge in [-0.1, -0.05) is 18.2 Å². The maximum absolute atomic E-state index is 5.88. The van der Waals surface area contributed by atoms with Gasteiger partial charge in [-0.2, -0.15) is 0 Å². The highest BCUT2D eigenvalue weighted by Gasteiger charge is 2.04. The van der Waals surface area contributed by atoms with E-state index in [1.165, 1.54) is 5.56 Å². The summed E-state index contributed by atoms with van der Waals surface area (Å²) in [5, 5.41) is 0. The first-order chi connectivity index (χ1) is 9.22. The van der Waals surface area contributed by atoms with Crippen molar-refractivity contribution in [3.63, 3.8) is 0 Å². The summed E-state index contributed by atoms with van der Waals surface area (Å²) in [7, 11) is 0. The summed E-state index contributed by atoms with van der Waals surface area (Å²) in [6.07, 6.45) is 1.90. The van der Waals surface area contributed by atoms with Crippen LogP contribution in [0.1, 0.15) is 11.3 Å². The van der Waals surface area contributed by atoms with Crippen LogP contribution in [0.3, 0.4) is 0 Å². The Morgan fingerprint density at radius 3 is 2.84 bits per heavy atom. The second-order valence-corrected chi connectivity index (χ2v) is 4.52. The van der Waals surface area contributed by atoms with Crippen molar-refractivity contribution < 1.29 is 4.74 Å². The second kappa shape index (κ2) is 4.65. The van der Waals surface area contributed by atoms with Crippen LogP contribution in [0.5, 0.6) is 5.75 Å². The summed E-state index contributed by atoms with van der Waals surface area (Å²) in [6.45, 7) is 2.48. The molecule has 0 atom stereocenters. The van der Waals surface area contributed by atoms with E-state index < -0.39 is 0 Å². The van der Waals surface area contributed by atoms with Crippen molar-refractivity contribution in [2.24, 2.45) is 0 Å². The summed E-state index contributed by atoms with van der Waals surface area (Å²) >= 11 is 0. The summed E-state index contributed by atoms with van der Waals surface area (Å²) in [4.78, 5) is 4.47. The Bertz CT molecular complexity index is 718. The lowest BCUT2D eigenvalue weighted by Crippen LogP contribution is -1.96. The highest BCUT2D eigenvalue weighted by molar-refractivity contribution is 5.48. The minimum atomic E-state index is 0.435. The van der Waals surface area contributed by atoms with Crippen molar-refractivity contribution in [2.45, 2.75) is 13.5 Å². The van der Waals surface area contributed by atoms with E-state index in [0.29, 0.717) is 12.4 Å². The van der Waals surface area contributed by atoms with Crippen LogP contribution in [-0.4, -0.2) is 9.38 Å². The molecule has 4 nitrogen and oxygen atoms in total. The topological polar surface area (TPSA) is 52.5 Å². The maximum Gasteiger partial charge on any atom is 0.138 e. The van der Waals surface area contributed by atoms with Gasteiger partial charge in [0.05, 0.1) is 5.69 Å². The Kier molecular flexibility index (Phi) is 2.83. The number of rotatable bonds is 3. The first-order valence-electron chi connectivity index (χ1n) is 6.14. The smallest absolute Gasteiger partial charge is 0.138 e. The molecule has 3 aromatic rings. The fourth-order valence-corrected chi connectivity index (χ4v) is 2.01. The van der Waals surface area contributed by atoms with Gasteiger partial charge < -0.3 is 10.5 Å². The van der Waals surface area contributed by atoms with Crippen molar-refractivity contribution in [1.29, 1.82) is 0 Å². The van der Waals surface area contributed by atoms with Crippen LogP contribution in [0.15, 0.2) is 48.7 Å². The molecule has 0 saturated heterocycles. The number of benzene rings is 1. The maximum atomic E-state index is 5.88. The van der Waals surface area contributed by atoms with E-state index in [1.54, 1.807) is 0 Å². The zero-order valence-electron chi connectivity index (χ0n) is 10.7. The standard InChI is InChI=1S/C15H15N3O/c1-11-4-2-5-13(8-11)19-10-12-9-18-14(16)6-3-7-15(18)17-12/h2-9H,10,16H2,1H3. The molecule has 0 aliphatic rings. The van der Waals surface area contributed by atoms with Crippen LogP contribution in [0.4, 0.5) is 5.82 Å². The Morgan fingerprint density at radius 2 is 2.05 bits per heavy atom. The predicted octanol–water partition coefficient (Wildman–Crippen LogP) is 2.80. The highest BCUT2D eigenvalue weighted by Crippen LogP contribution is 2.15. The van der Waals surface area contributed by atoms with Gasteiger partial charge in [-0.25, -0.2) is 4.98 Å². The molecule has 2 aromatic heterocycles. The van der Waals surface area contributed by atoms with Gasteiger partial charge in [0, 0.05) is 6.20 Å². The Balaban J connectivity index is 1.80. The molecule has 0 radical (unpaired) electrons. The number of fused-ring (bicyclic) bond motifs is 1. The van der Waals surface area contributed by atoms with Crippen LogP contribution in [0, 0.1) is 6.92 Å². The molecule has 96 valence electrons. The van der Waals surface area contributed by atoms with Crippen LogP contribution in [-0.2, 0) is 6.61 Å². The van der Waals surface area contributed by atoms with Gasteiger partial charge in [0.25, 0.3) is 0 Å². The normalized spacial score (nSPS) is 10.8. The molecular weight excluding hydrogens is 238 g/mol. The van der Waals surface area contributed by atoms with Crippen LogP contribution >= 0.6 is 0 Å². The second-order valence-electron chi connectivity index (χ2n) is 4.52. The SMILES string of the molecule is Cc1cccc(OCc2cn3c(N)cccc3n2)c1. The zero-order chi connectivity index (χ0) is 13.2. The highest BCUT2D eigenvalue weighted by atomic mass is 16.5. The van der Waals surface area contributed by atoms with Crippen LogP contribution < -0.4 is 10.5 Å². The van der Waals surface area contributed by atoms with Crippen molar-refractivity contribution >= 4 is 11.5 Å². The monoisotopic (exact) mass is 253 g/mol. The molecule has 0 amide bonds. The fourth-order valence-electron chi connectivity index (χ4n) is 2.01. The zero-order valence-corrected chi connectivity index (χ0v) is 10.7. The predicted molar refractivity (Wildman–Crippen MR) is 75.1 cm³/mol. The first kappa shape index (κ1) is 11.6. The van der Waals surface area contributed by atoms with Gasteiger partial charge in [0.1, 0.15) is 23.8 Å². The number of nitrogens with two attached hydrogens (primary N) is 1. The number of nitrogens with zero attached hydrogens (tertiary/aromatic N) is 2. The number of ether oxygens (including phenoxy) is 1. The van der Waals surface area contributed by atoms with Gasteiger partial charge in [-0.15, -0.1) is 0 Å². The average Bonchev–Trinajstić information content (AvgIpc) is 2.81. The molecule has 1 aromatic carbocycles. The fraction of sp³-hybridized carbons (Fsp3) is 0.133. The molecule has 3 rings (SSSR count). The van der Waals surface area contributed by atoms with E-state index in [9.17, 15) is 0 Å². The molecule has 0 fully saturated rings. The molecule has 0 spiro atoms. The number of hydrogen-bond donors (Lipinski definition) is 1. The minimum Gasteiger partial charge on any atom is -0.487 e. The van der Waals surface area contributed by atoms with Gasteiger partial charge in [-0.05, 0) is 36.8 Å². The molecule has 0 aliphatic carbocycles. The average molecular weight is 253 g/mol. The summed E-state index contributed by atoms with van der Waals surface area (Å²) in [6, 6.07) is 13.6. The lowest BCUT2D eigenvalue weighted by molar-refractivity contribution is 0.302. The number of hydrogen-bond acceptors (Lipinski definition) is 3. The first-order valence-corrected chi connectivity index (χ1v) is 6.14. The summed E-state index contributed by atoms with van der Waals surface area (Å²) in [5.41, 5.74) is 8.75. The number of pyridine rings is 1. The minimum absolute atomic E-state index is 0.435. The molecule has 0 bridgehead atoms. The van der Waals surface area contributed by atoms with E-state index in [-0.39, 0.29) is 0 Å². The molecule has 4 heteroatoms. The number of nitrogen functional groups attached to an aromatic ring is 1. The number of aromatic nitrogens is 2. The summed E-state index contributed by atoms with van der Waals surface area (Å²) in [5.74, 6) is 1.52. The van der Waals surface area contributed by atoms with Crippen LogP contribution in [0.2, 0.25) is 0 Å². The van der Waals surface area contributed by atoms with Crippen molar-refractivity contribution in [1.82, 2.24) is 9.38 Å². The van der Waals surface area contributed by atoms with E-state index in [2.05, 4.69) is 4.98 Å². The largest absolute Gasteiger partial charge is 0.487 e. The molecule has 2 heterocycles. The van der Waals surface area contributed by atoms with Crippen molar-refractivity contribution in [2.75, 3.05) is 5.73 Å². The van der Waals surface area contributed by atoms with Gasteiger partial charge in [0.15, 0.2) is 0 Å². The van der Waals surface area contributed by atoms with E-state index in [0.717, 1.165) is 17.1 Å². The molecule has 2 N–H and O–H groups in total. The van der Waals surface area contributed by atoms with Crippen molar-refractivity contribution in [3.8, 4) is 5.75 Å².